The number of hydrogen-bond donors (Lipinski definition) is 3. The molecule has 0 aliphatic heterocycles. The molecule has 2 rings (SSSR count). The van der Waals surface area contributed by atoms with Crippen LogP contribution in [0.3, 0.4) is 0 Å². The lowest BCUT2D eigenvalue weighted by molar-refractivity contribution is 0.0596. The smallest absolute Gasteiger partial charge is 0.341 e. The van der Waals surface area contributed by atoms with Crippen molar-refractivity contribution in [2.45, 2.75) is 13.0 Å². The van der Waals surface area contributed by atoms with Crippen LogP contribution in [-0.4, -0.2) is 52.7 Å². The predicted octanol–water partition coefficient (Wildman–Crippen LogP) is 1.75. The van der Waals surface area contributed by atoms with Crippen LogP contribution in [-0.2, 0) is 17.7 Å². The van der Waals surface area contributed by atoms with Crippen LogP contribution in [0.15, 0.2) is 47.5 Å². The van der Waals surface area contributed by atoms with E-state index >= 15 is 0 Å². The number of benzene rings is 2. The van der Waals surface area contributed by atoms with Gasteiger partial charge in [0.05, 0.1) is 14.2 Å². The molecule has 0 atom stereocenters. The lowest BCUT2D eigenvalue weighted by Gasteiger charge is -2.13. The van der Waals surface area contributed by atoms with Crippen LogP contribution in [0.25, 0.3) is 0 Å². The second-order valence-corrected chi connectivity index (χ2v) is 6.41. The third-order valence-electron chi connectivity index (χ3n) is 4.48. The number of ether oxygens (including phenoxy) is 2. The molecule has 2 aromatic rings. The van der Waals surface area contributed by atoms with Crippen LogP contribution in [0, 0.1) is 0 Å². The molecule has 0 spiro atoms. The highest BCUT2D eigenvalue weighted by Crippen LogP contribution is 2.20. The Kier molecular flexibility index (Phi) is 8.68. The molecular weight excluding hydrogens is 384 g/mol. The summed E-state index contributed by atoms with van der Waals surface area (Å²) >= 11 is 0. The molecule has 0 unspecified atom stereocenters. The molecule has 0 saturated carbocycles. The summed E-state index contributed by atoms with van der Waals surface area (Å²) in [5, 5.41) is 9.08. The zero-order valence-corrected chi connectivity index (χ0v) is 17.7. The quantitative estimate of drug-likeness (QED) is 0.347. The molecule has 30 heavy (non-hydrogen) atoms. The molecule has 3 N–H and O–H groups in total. The van der Waals surface area contributed by atoms with Gasteiger partial charge in [-0.3, -0.25) is 9.79 Å². The number of carbonyl (C=O) groups is 2. The molecule has 160 valence electrons. The molecule has 0 aliphatic rings. The van der Waals surface area contributed by atoms with E-state index in [1.165, 1.54) is 14.2 Å². The van der Waals surface area contributed by atoms with E-state index in [1.807, 2.05) is 24.3 Å². The minimum atomic E-state index is -0.449. The number of nitrogens with zero attached hydrogens (tertiary/aromatic N) is 1. The molecule has 0 bridgehead atoms. The average molecular weight is 412 g/mol. The Morgan fingerprint density at radius 3 is 2.50 bits per heavy atom. The molecule has 0 heterocycles. The van der Waals surface area contributed by atoms with Crippen molar-refractivity contribution in [3.8, 4) is 5.75 Å². The Balaban J connectivity index is 1.91. The fourth-order valence-corrected chi connectivity index (χ4v) is 2.88. The van der Waals surface area contributed by atoms with Gasteiger partial charge in [-0.1, -0.05) is 18.2 Å². The first kappa shape index (κ1) is 22.7. The first-order valence-corrected chi connectivity index (χ1v) is 9.53. The summed E-state index contributed by atoms with van der Waals surface area (Å²) in [7, 11) is 6.15. The molecule has 8 heteroatoms. The summed E-state index contributed by atoms with van der Waals surface area (Å²) in [6.07, 6.45) is 0.737. The van der Waals surface area contributed by atoms with E-state index < -0.39 is 5.97 Å². The number of nitrogens with one attached hydrogen (secondary N) is 3. The maximum atomic E-state index is 11.9. The Hall–Kier alpha value is -3.55. The van der Waals surface area contributed by atoms with Gasteiger partial charge in [-0.2, -0.15) is 0 Å². The van der Waals surface area contributed by atoms with Gasteiger partial charge in [0.2, 0.25) is 0 Å². The van der Waals surface area contributed by atoms with Crippen LogP contribution < -0.4 is 20.7 Å². The van der Waals surface area contributed by atoms with Crippen molar-refractivity contribution in [1.29, 1.82) is 0 Å². The van der Waals surface area contributed by atoms with E-state index in [2.05, 4.69) is 20.9 Å². The highest BCUT2D eigenvalue weighted by atomic mass is 16.5. The van der Waals surface area contributed by atoms with Crippen LogP contribution in [0.1, 0.15) is 31.8 Å². The van der Waals surface area contributed by atoms with Gasteiger partial charge in [-0.05, 0) is 41.8 Å². The van der Waals surface area contributed by atoms with E-state index in [0.29, 0.717) is 35.9 Å². The molecule has 0 aliphatic carbocycles. The number of carbonyl (C=O) groups excluding carboxylic acids is 2. The fraction of sp³-hybridized carbons (Fsp3) is 0.318. The third kappa shape index (κ3) is 6.23. The van der Waals surface area contributed by atoms with Crippen molar-refractivity contribution in [1.82, 2.24) is 16.0 Å². The first-order chi connectivity index (χ1) is 14.5. The highest BCUT2D eigenvalue weighted by molar-refractivity contribution is 5.94. The summed E-state index contributed by atoms with van der Waals surface area (Å²) in [6, 6.07) is 12.9. The van der Waals surface area contributed by atoms with Crippen molar-refractivity contribution >= 4 is 17.8 Å². The standard InChI is InChI=1S/C22H28N4O4/c1-23-20(27)17-7-5-6-15(12-17)10-11-25-22(24-2)26-14-16-8-9-19(29-3)18(13-16)21(28)30-4/h5-9,12-13H,10-11,14H2,1-4H3,(H,23,27)(H2,24,25,26). The fourth-order valence-electron chi connectivity index (χ4n) is 2.88. The van der Waals surface area contributed by atoms with Crippen molar-refractivity contribution in [3.05, 3.63) is 64.7 Å². The van der Waals surface area contributed by atoms with Gasteiger partial charge in [0, 0.05) is 32.7 Å². The largest absolute Gasteiger partial charge is 0.496 e. The Morgan fingerprint density at radius 2 is 1.83 bits per heavy atom. The van der Waals surface area contributed by atoms with Gasteiger partial charge < -0.3 is 25.4 Å². The minimum Gasteiger partial charge on any atom is -0.496 e. The van der Waals surface area contributed by atoms with E-state index in [4.69, 9.17) is 9.47 Å². The number of methoxy groups -OCH3 is 2. The number of aliphatic imine (C=N–C) groups is 1. The molecule has 2 aromatic carbocycles. The summed E-state index contributed by atoms with van der Waals surface area (Å²) in [4.78, 5) is 27.9. The topological polar surface area (TPSA) is 101 Å². The van der Waals surface area contributed by atoms with Crippen LogP contribution >= 0.6 is 0 Å². The number of rotatable bonds is 8. The maximum Gasteiger partial charge on any atom is 0.341 e. The molecule has 0 aromatic heterocycles. The van der Waals surface area contributed by atoms with E-state index in [1.54, 1.807) is 32.3 Å². The maximum absolute atomic E-state index is 11.9. The normalized spacial score (nSPS) is 10.9. The SMILES string of the molecule is CN=C(NCCc1cccc(C(=O)NC)c1)NCc1ccc(OC)c(C(=O)OC)c1. The Labute approximate surface area is 176 Å². The van der Waals surface area contributed by atoms with E-state index in [9.17, 15) is 9.59 Å². The molecule has 0 radical (unpaired) electrons. The summed E-state index contributed by atoms with van der Waals surface area (Å²) in [5.41, 5.74) is 2.95. The predicted molar refractivity (Wildman–Crippen MR) is 116 cm³/mol. The highest BCUT2D eigenvalue weighted by Gasteiger charge is 2.13. The first-order valence-electron chi connectivity index (χ1n) is 9.53. The van der Waals surface area contributed by atoms with Crippen LogP contribution in [0.2, 0.25) is 0 Å². The number of amides is 1. The zero-order chi connectivity index (χ0) is 21.9. The van der Waals surface area contributed by atoms with Crippen molar-refractivity contribution in [2.24, 2.45) is 4.99 Å². The van der Waals surface area contributed by atoms with Gasteiger partial charge in [-0.25, -0.2) is 4.79 Å². The molecule has 0 fully saturated rings. The monoisotopic (exact) mass is 412 g/mol. The van der Waals surface area contributed by atoms with Crippen molar-refractivity contribution in [2.75, 3.05) is 34.9 Å². The second kappa shape index (κ2) is 11.5. The van der Waals surface area contributed by atoms with Crippen LogP contribution in [0.4, 0.5) is 0 Å². The molecule has 0 saturated heterocycles. The van der Waals surface area contributed by atoms with Gasteiger partial charge in [0.25, 0.3) is 5.91 Å². The van der Waals surface area contributed by atoms with E-state index in [-0.39, 0.29) is 5.91 Å². The third-order valence-corrected chi connectivity index (χ3v) is 4.48. The second-order valence-electron chi connectivity index (χ2n) is 6.41. The lowest BCUT2D eigenvalue weighted by atomic mass is 10.1. The summed E-state index contributed by atoms with van der Waals surface area (Å²) < 4.78 is 10.0. The Bertz CT molecular complexity index is 912. The van der Waals surface area contributed by atoms with Crippen molar-refractivity contribution < 1.29 is 19.1 Å². The average Bonchev–Trinajstić information content (AvgIpc) is 2.80. The summed E-state index contributed by atoms with van der Waals surface area (Å²) in [6.45, 7) is 1.12. The van der Waals surface area contributed by atoms with Crippen LogP contribution in [0.5, 0.6) is 5.75 Å². The number of hydrogen-bond acceptors (Lipinski definition) is 5. The molecular formula is C22H28N4O4. The van der Waals surface area contributed by atoms with Gasteiger partial charge >= 0.3 is 5.97 Å². The van der Waals surface area contributed by atoms with Crippen molar-refractivity contribution in [3.63, 3.8) is 0 Å². The van der Waals surface area contributed by atoms with Gasteiger partial charge in [-0.15, -0.1) is 0 Å². The molecule has 8 nitrogen and oxygen atoms in total. The Morgan fingerprint density at radius 1 is 1.03 bits per heavy atom. The summed E-state index contributed by atoms with van der Waals surface area (Å²) in [5.74, 6) is 0.545. The van der Waals surface area contributed by atoms with Gasteiger partial charge in [0.15, 0.2) is 5.96 Å². The number of guanidine groups is 1. The minimum absolute atomic E-state index is 0.104. The number of esters is 1. The lowest BCUT2D eigenvalue weighted by Crippen LogP contribution is -2.37. The molecule has 1 amide bonds. The van der Waals surface area contributed by atoms with Gasteiger partial charge in [0.1, 0.15) is 11.3 Å². The van der Waals surface area contributed by atoms with E-state index in [0.717, 1.165) is 17.5 Å². The zero-order valence-electron chi connectivity index (χ0n) is 17.7.